The van der Waals surface area contributed by atoms with Crippen LogP contribution in [-0.2, 0) is 9.47 Å². The Morgan fingerprint density at radius 2 is 2.21 bits per heavy atom. The van der Waals surface area contributed by atoms with Crippen LogP contribution >= 0.6 is 0 Å². The van der Waals surface area contributed by atoms with Gasteiger partial charge in [-0.05, 0) is 6.92 Å². The highest BCUT2D eigenvalue weighted by Gasteiger charge is 2.14. The summed E-state index contributed by atoms with van der Waals surface area (Å²) >= 11 is 0. The lowest BCUT2D eigenvalue weighted by Gasteiger charge is -2.13. The molecule has 0 fully saturated rings. The molecule has 1 heterocycles. The number of rotatable bonds is 4. The van der Waals surface area contributed by atoms with E-state index in [9.17, 15) is 9.59 Å². The molecule has 6 nitrogen and oxygen atoms in total. The fourth-order valence-corrected chi connectivity index (χ4v) is 1.03. The lowest BCUT2D eigenvalue weighted by molar-refractivity contribution is -0.125. The first-order valence-electron chi connectivity index (χ1n) is 4.15. The predicted octanol–water partition coefficient (Wildman–Crippen LogP) is -0.255. The maximum absolute atomic E-state index is 11.3. The van der Waals surface area contributed by atoms with E-state index in [1.807, 2.05) is 0 Å². The molecular formula is C8H12N2O4. The summed E-state index contributed by atoms with van der Waals surface area (Å²) in [5.74, 6) is 0. The number of hydrogen-bond donors (Lipinski definition) is 2. The van der Waals surface area contributed by atoms with Gasteiger partial charge in [-0.25, -0.2) is 4.79 Å². The molecule has 0 amide bonds. The number of methoxy groups -OCH3 is 1. The number of nitrogens with one attached hydrogen (secondary N) is 2. The summed E-state index contributed by atoms with van der Waals surface area (Å²) in [6, 6.07) is 0. The molecule has 78 valence electrons. The van der Waals surface area contributed by atoms with Crippen LogP contribution in [0.1, 0.15) is 18.8 Å². The van der Waals surface area contributed by atoms with Crippen LogP contribution in [-0.4, -0.2) is 23.7 Å². The van der Waals surface area contributed by atoms with Gasteiger partial charge in [-0.15, -0.1) is 0 Å². The van der Waals surface area contributed by atoms with Crippen molar-refractivity contribution in [2.45, 2.75) is 13.2 Å². The van der Waals surface area contributed by atoms with Crippen molar-refractivity contribution in [3.63, 3.8) is 0 Å². The van der Waals surface area contributed by atoms with Gasteiger partial charge in [0, 0.05) is 19.9 Å². The lowest BCUT2D eigenvalue weighted by Crippen LogP contribution is -2.27. The zero-order valence-electron chi connectivity index (χ0n) is 7.99. The van der Waals surface area contributed by atoms with Crippen LogP contribution in [0.5, 0.6) is 0 Å². The zero-order chi connectivity index (χ0) is 10.6. The molecule has 1 atom stereocenters. The zero-order valence-corrected chi connectivity index (χ0v) is 7.99. The molecule has 0 radical (unpaired) electrons. The van der Waals surface area contributed by atoms with E-state index in [2.05, 4.69) is 9.97 Å². The van der Waals surface area contributed by atoms with Gasteiger partial charge in [-0.2, -0.15) is 0 Å². The van der Waals surface area contributed by atoms with Crippen LogP contribution in [0.4, 0.5) is 0 Å². The quantitative estimate of drug-likeness (QED) is 0.656. The van der Waals surface area contributed by atoms with Gasteiger partial charge in [0.05, 0.1) is 5.56 Å². The second-order valence-electron chi connectivity index (χ2n) is 2.55. The van der Waals surface area contributed by atoms with Gasteiger partial charge in [0.1, 0.15) is 0 Å². The van der Waals surface area contributed by atoms with Gasteiger partial charge >= 0.3 is 5.69 Å². The SMILES string of the molecule is CCOC(OC)c1c[nH]c(=O)[nH]c1=O. The first kappa shape index (κ1) is 10.7. The summed E-state index contributed by atoms with van der Waals surface area (Å²) in [5, 5.41) is 0. The number of H-pyrrole nitrogens is 2. The highest BCUT2D eigenvalue weighted by atomic mass is 16.7. The third kappa shape index (κ3) is 2.30. The third-order valence-electron chi connectivity index (χ3n) is 1.63. The Hall–Kier alpha value is -1.40. The number of aromatic nitrogens is 2. The van der Waals surface area contributed by atoms with Crippen molar-refractivity contribution < 1.29 is 9.47 Å². The van der Waals surface area contributed by atoms with Crippen molar-refractivity contribution in [2.24, 2.45) is 0 Å². The molecule has 0 bridgehead atoms. The van der Waals surface area contributed by atoms with E-state index >= 15 is 0 Å². The molecule has 1 rings (SSSR count). The van der Waals surface area contributed by atoms with Gasteiger partial charge < -0.3 is 14.5 Å². The second kappa shape index (κ2) is 4.73. The summed E-state index contributed by atoms with van der Waals surface area (Å²) in [6.07, 6.45) is 0.533. The molecular weight excluding hydrogens is 188 g/mol. The van der Waals surface area contributed by atoms with E-state index < -0.39 is 17.5 Å². The number of aromatic amines is 2. The Labute approximate surface area is 79.9 Å². The molecule has 1 unspecified atom stereocenters. The van der Waals surface area contributed by atoms with Crippen molar-refractivity contribution in [1.29, 1.82) is 0 Å². The molecule has 0 saturated heterocycles. The fraction of sp³-hybridized carbons (Fsp3) is 0.500. The molecule has 1 aromatic heterocycles. The smallest absolute Gasteiger partial charge is 0.325 e. The van der Waals surface area contributed by atoms with Crippen molar-refractivity contribution >= 4 is 0 Å². The molecule has 2 N–H and O–H groups in total. The highest BCUT2D eigenvalue weighted by Crippen LogP contribution is 2.11. The van der Waals surface area contributed by atoms with Crippen LogP contribution in [0.3, 0.4) is 0 Å². The van der Waals surface area contributed by atoms with Gasteiger partial charge in [-0.1, -0.05) is 0 Å². The van der Waals surface area contributed by atoms with Crippen molar-refractivity contribution in [2.75, 3.05) is 13.7 Å². The Kier molecular flexibility index (Phi) is 3.61. The van der Waals surface area contributed by atoms with Crippen molar-refractivity contribution in [3.8, 4) is 0 Å². The van der Waals surface area contributed by atoms with Crippen molar-refractivity contribution in [1.82, 2.24) is 9.97 Å². The van der Waals surface area contributed by atoms with E-state index in [1.54, 1.807) is 6.92 Å². The predicted molar refractivity (Wildman–Crippen MR) is 49.1 cm³/mol. The van der Waals surface area contributed by atoms with Crippen molar-refractivity contribution in [3.05, 3.63) is 32.6 Å². The van der Waals surface area contributed by atoms with Crippen LogP contribution in [0.25, 0.3) is 0 Å². The second-order valence-corrected chi connectivity index (χ2v) is 2.55. The summed E-state index contributed by atoms with van der Waals surface area (Å²) in [5.41, 5.74) is -0.812. The first-order chi connectivity index (χ1) is 6.69. The Morgan fingerprint density at radius 3 is 2.71 bits per heavy atom. The monoisotopic (exact) mass is 200 g/mol. The number of ether oxygens (including phenoxy) is 2. The highest BCUT2D eigenvalue weighted by molar-refractivity contribution is 5.04. The molecule has 0 saturated carbocycles. The average Bonchev–Trinajstić information content (AvgIpc) is 2.15. The van der Waals surface area contributed by atoms with Gasteiger partial charge in [0.15, 0.2) is 6.29 Å². The van der Waals surface area contributed by atoms with Crippen LogP contribution in [0.15, 0.2) is 15.8 Å². The minimum absolute atomic E-state index is 0.244. The first-order valence-corrected chi connectivity index (χ1v) is 4.15. The third-order valence-corrected chi connectivity index (χ3v) is 1.63. The maximum Gasteiger partial charge on any atom is 0.325 e. The largest absolute Gasteiger partial charge is 0.351 e. The molecule has 6 heteroatoms. The minimum Gasteiger partial charge on any atom is -0.351 e. The molecule has 0 aromatic carbocycles. The average molecular weight is 200 g/mol. The summed E-state index contributed by atoms with van der Waals surface area (Å²) in [4.78, 5) is 26.4. The lowest BCUT2D eigenvalue weighted by atomic mass is 10.3. The number of hydrogen-bond acceptors (Lipinski definition) is 4. The van der Waals surface area contributed by atoms with Crippen LogP contribution in [0.2, 0.25) is 0 Å². The molecule has 0 aliphatic rings. The molecule has 0 aliphatic heterocycles. The van der Waals surface area contributed by atoms with E-state index in [-0.39, 0.29) is 5.56 Å². The van der Waals surface area contributed by atoms with Crippen LogP contribution < -0.4 is 11.2 Å². The normalized spacial score (nSPS) is 12.7. The topological polar surface area (TPSA) is 84.2 Å². The molecule has 14 heavy (non-hydrogen) atoms. The molecule has 0 aliphatic carbocycles. The Balaban J connectivity index is 3.04. The van der Waals surface area contributed by atoms with Gasteiger partial charge in [0.25, 0.3) is 5.56 Å². The van der Waals surface area contributed by atoms with E-state index in [0.29, 0.717) is 6.61 Å². The standard InChI is InChI=1S/C8H12N2O4/c1-3-14-7(13-2)5-4-9-8(12)10-6(5)11/h4,7H,3H2,1-2H3,(H2,9,10,11,12). The van der Waals surface area contributed by atoms with E-state index in [4.69, 9.17) is 9.47 Å². The van der Waals surface area contributed by atoms with E-state index in [1.165, 1.54) is 13.3 Å². The summed E-state index contributed by atoms with van der Waals surface area (Å²) in [7, 11) is 1.42. The summed E-state index contributed by atoms with van der Waals surface area (Å²) < 4.78 is 10.1. The molecule has 1 aromatic rings. The Bertz CT molecular complexity index is 395. The minimum atomic E-state index is -0.749. The van der Waals surface area contributed by atoms with Gasteiger partial charge in [0.2, 0.25) is 0 Å². The van der Waals surface area contributed by atoms with Crippen LogP contribution in [0, 0.1) is 0 Å². The Morgan fingerprint density at radius 1 is 1.50 bits per heavy atom. The maximum atomic E-state index is 11.3. The van der Waals surface area contributed by atoms with E-state index in [0.717, 1.165) is 0 Å². The molecule has 0 spiro atoms. The van der Waals surface area contributed by atoms with Gasteiger partial charge in [-0.3, -0.25) is 9.78 Å². The summed E-state index contributed by atoms with van der Waals surface area (Å²) in [6.45, 7) is 2.20. The fourth-order valence-electron chi connectivity index (χ4n) is 1.03.